The molecule has 1 aliphatic heterocycles. The highest BCUT2D eigenvalue weighted by Crippen LogP contribution is 2.35. The van der Waals surface area contributed by atoms with Gasteiger partial charge >= 0.3 is 0 Å². The van der Waals surface area contributed by atoms with E-state index >= 15 is 0 Å². The fourth-order valence-electron chi connectivity index (χ4n) is 3.19. The summed E-state index contributed by atoms with van der Waals surface area (Å²) in [7, 11) is 0. The highest BCUT2D eigenvalue weighted by molar-refractivity contribution is 7.10. The number of aromatic nitrogens is 2. The summed E-state index contributed by atoms with van der Waals surface area (Å²) in [5.41, 5.74) is 2.00. The number of likely N-dealkylation sites (tertiary alicyclic amines) is 1. The van der Waals surface area contributed by atoms with E-state index in [0.29, 0.717) is 0 Å². The quantitative estimate of drug-likeness (QED) is 0.870. The number of carbonyl (C=O) groups excluding carboxylic acids is 1. The largest absolute Gasteiger partial charge is 0.333 e. The van der Waals surface area contributed by atoms with Crippen LogP contribution in [0.2, 0.25) is 0 Å². The predicted octanol–water partition coefficient (Wildman–Crippen LogP) is 3.49. The number of amides is 1. The zero-order valence-electron chi connectivity index (χ0n) is 12.7. The summed E-state index contributed by atoms with van der Waals surface area (Å²) in [4.78, 5) is 16.2. The molecule has 0 saturated carbocycles. The van der Waals surface area contributed by atoms with E-state index in [0.717, 1.165) is 30.8 Å². The number of carbonyl (C=O) groups is 1. The average Bonchev–Trinajstić information content (AvgIpc) is 3.16. The maximum atomic E-state index is 12.9. The van der Waals surface area contributed by atoms with Crippen molar-refractivity contribution in [2.75, 3.05) is 6.54 Å². The zero-order valence-corrected chi connectivity index (χ0v) is 13.6. The molecule has 1 amide bonds. The van der Waals surface area contributed by atoms with Gasteiger partial charge < -0.3 is 4.90 Å². The van der Waals surface area contributed by atoms with Crippen LogP contribution < -0.4 is 0 Å². The van der Waals surface area contributed by atoms with Gasteiger partial charge in [0, 0.05) is 17.1 Å². The minimum atomic E-state index is -0.237. The first-order valence-electron chi connectivity index (χ1n) is 7.44. The molecule has 2 atom stereocenters. The smallest absolute Gasteiger partial charge is 0.247 e. The Bertz CT molecular complexity index is 632. The summed E-state index contributed by atoms with van der Waals surface area (Å²) >= 11 is 1.74. The average molecular weight is 303 g/mol. The van der Waals surface area contributed by atoms with E-state index in [1.807, 2.05) is 36.4 Å². The predicted molar refractivity (Wildman–Crippen MR) is 84.4 cm³/mol. The molecule has 1 fully saturated rings. The van der Waals surface area contributed by atoms with Crippen LogP contribution in [-0.2, 0) is 4.79 Å². The van der Waals surface area contributed by atoms with E-state index in [1.54, 1.807) is 11.3 Å². The topological polar surface area (TPSA) is 38.1 Å². The molecular weight excluding hydrogens is 282 g/mol. The van der Waals surface area contributed by atoms with E-state index in [4.69, 9.17) is 0 Å². The van der Waals surface area contributed by atoms with Crippen LogP contribution >= 0.6 is 11.3 Å². The third kappa shape index (κ3) is 2.62. The molecule has 0 aliphatic carbocycles. The molecule has 2 aromatic heterocycles. The van der Waals surface area contributed by atoms with Crippen molar-refractivity contribution < 1.29 is 4.79 Å². The van der Waals surface area contributed by atoms with E-state index in [-0.39, 0.29) is 18.0 Å². The van der Waals surface area contributed by atoms with E-state index < -0.39 is 0 Å². The number of aryl methyl sites for hydroxylation is 2. The maximum absolute atomic E-state index is 12.9. The van der Waals surface area contributed by atoms with Crippen LogP contribution in [0.5, 0.6) is 0 Å². The Labute approximate surface area is 129 Å². The first-order valence-corrected chi connectivity index (χ1v) is 8.32. The molecule has 4 nitrogen and oxygen atoms in total. The van der Waals surface area contributed by atoms with Crippen molar-refractivity contribution in [3.63, 3.8) is 0 Å². The lowest BCUT2D eigenvalue weighted by atomic mass is 10.1. The lowest BCUT2D eigenvalue weighted by molar-refractivity contribution is -0.135. The number of rotatable bonds is 3. The van der Waals surface area contributed by atoms with Crippen molar-refractivity contribution in [2.24, 2.45) is 0 Å². The molecule has 1 aliphatic rings. The Morgan fingerprint density at radius 2 is 2.29 bits per heavy atom. The monoisotopic (exact) mass is 303 g/mol. The summed E-state index contributed by atoms with van der Waals surface area (Å²) in [5, 5.41) is 6.55. The summed E-state index contributed by atoms with van der Waals surface area (Å²) in [6.07, 6.45) is 2.15. The molecule has 0 bridgehead atoms. The van der Waals surface area contributed by atoms with Crippen LogP contribution in [0.3, 0.4) is 0 Å². The number of hydrogen-bond donors (Lipinski definition) is 0. The van der Waals surface area contributed by atoms with E-state index in [1.165, 1.54) is 4.88 Å². The van der Waals surface area contributed by atoms with Gasteiger partial charge in [-0.15, -0.1) is 11.3 Å². The molecule has 3 rings (SSSR count). The van der Waals surface area contributed by atoms with Crippen LogP contribution in [0, 0.1) is 13.8 Å². The zero-order chi connectivity index (χ0) is 15.0. The van der Waals surface area contributed by atoms with E-state index in [2.05, 4.69) is 22.6 Å². The van der Waals surface area contributed by atoms with E-state index in [9.17, 15) is 4.79 Å². The van der Waals surface area contributed by atoms with Crippen LogP contribution in [0.1, 0.15) is 48.1 Å². The second-order valence-electron chi connectivity index (χ2n) is 5.75. The van der Waals surface area contributed by atoms with Gasteiger partial charge in [0.25, 0.3) is 0 Å². The SMILES string of the molecule is Cc1cc(C)n([C@@H](C)C(=O)N2CCC[C@H]2c2cccs2)n1. The van der Waals surface area contributed by atoms with Crippen molar-refractivity contribution >= 4 is 17.2 Å². The molecule has 112 valence electrons. The lowest BCUT2D eigenvalue weighted by Crippen LogP contribution is -2.36. The Morgan fingerprint density at radius 3 is 2.90 bits per heavy atom. The number of hydrogen-bond acceptors (Lipinski definition) is 3. The van der Waals surface area contributed by atoms with Crippen molar-refractivity contribution in [3.8, 4) is 0 Å². The Balaban J connectivity index is 1.82. The molecule has 1 saturated heterocycles. The number of nitrogens with zero attached hydrogens (tertiary/aromatic N) is 3. The highest BCUT2D eigenvalue weighted by atomic mass is 32.1. The van der Waals surface area contributed by atoms with Crippen molar-refractivity contribution in [1.82, 2.24) is 14.7 Å². The van der Waals surface area contributed by atoms with Crippen LogP contribution in [-0.4, -0.2) is 27.1 Å². The maximum Gasteiger partial charge on any atom is 0.247 e. The third-order valence-electron chi connectivity index (χ3n) is 4.18. The molecule has 0 N–H and O–H groups in total. The van der Waals surface area contributed by atoms with Gasteiger partial charge in [0.15, 0.2) is 0 Å². The first kappa shape index (κ1) is 14.3. The van der Waals surface area contributed by atoms with Crippen molar-refractivity contribution in [2.45, 2.75) is 45.7 Å². The van der Waals surface area contributed by atoms with Crippen molar-refractivity contribution in [1.29, 1.82) is 0 Å². The normalized spacial score (nSPS) is 20.0. The minimum Gasteiger partial charge on any atom is -0.333 e. The Hall–Kier alpha value is -1.62. The summed E-state index contributed by atoms with van der Waals surface area (Å²) in [5.74, 6) is 0.178. The van der Waals surface area contributed by atoms with Gasteiger partial charge in [-0.05, 0) is 51.1 Å². The molecule has 0 radical (unpaired) electrons. The molecule has 0 spiro atoms. The molecule has 0 unspecified atom stereocenters. The molecule has 0 aromatic carbocycles. The van der Waals surface area contributed by atoms with Gasteiger partial charge in [0.2, 0.25) is 5.91 Å². The summed E-state index contributed by atoms with van der Waals surface area (Å²) < 4.78 is 1.85. The summed E-state index contributed by atoms with van der Waals surface area (Å²) in [6.45, 7) is 6.77. The fourth-order valence-corrected chi connectivity index (χ4v) is 4.06. The number of thiophene rings is 1. The Kier molecular flexibility index (Phi) is 3.85. The molecule has 3 heterocycles. The lowest BCUT2D eigenvalue weighted by Gasteiger charge is -2.27. The van der Waals surface area contributed by atoms with Gasteiger partial charge in [0.1, 0.15) is 6.04 Å². The van der Waals surface area contributed by atoms with Gasteiger partial charge in [-0.3, -0.25) is 9.48 Å². The second-order valence-corrected chi connectivity index (χ2v) is 6.73. The molecule has 5 heteroatoms. The fraction of sp³-hybridized carbons (Fsp3) is 0.500. The minimum absolute atomic E-state index is 0.178. The van der Waals surface area contributed by atoms with Gasteiger partial charge in [-0.25, -0.2) is 0 Å². The third-order valence-corrected chi connectivity index (χ3v) is 5.15. The second kappa shape index (κ2) is 5.64. The van der Waals surface area contributed by atoms with Gasteiger partial charge in [-0.1, -0.05) is 6.07 Å². The highest BCUT2D eigenvalue weighted by Gasteiger charge is 2.34. The Morgan fingerprint density at radius 1 is 1.48 bits per heavy atom. The van der Waals surface area contributed by atoms with Crippen molar-refractivity contribution in [3.05, 3.63) is 39.8 Å². The molecular formula is C16H21N3OS. The first-order chi connectivity index (χ1) is 10.1. The van der Waals surface area contributed by atoms with Crippen LogP contribution in [0.15, 0.2) is 23.6 Å². The summed E-state index contributed by atoms with van der Waals surface area (Å²) in [6, 6.07) is 6.22. The van der Waals surface area contributed by atoms with Crippen LogP contribution in [0.4, 0.5) is 0 Å². The standard InChI is InChI=1S/C16H21N3OS/c1-11-10-12(2)19(17-11)13(3)16(20)18-8-4-6-14(18)15-7-5-9-21-15/h5,7,9-10,13-14H,4,6,8H2,1-3H3/t13-,14-/m0/s1. The van der Waals surface area contributed by atoms with Gasteiger partial charge in [-0.2, -0.15) is 5.10 Å². The molecule has 21 heavy (non-hydrogen) atoms. The van der Waals surface area contributed by atoms with Gasteiger partial charge in [0.05, 0.1) is 11.7 Å². The van der Waals surface area contributed by atoms with Crippen LogP contribution in [0.25, 0.3) is 0 Å². The molecule has 2 aromatic rings.